The van der Waals surface area contributed by atoms with Gasteiger partial charge in [0.05, 0.1) is 19.1 Å². The summed E-state index contributed by atoms with van der Waals surface area (Å²) in [6, 6.07) is 11.6. The van der Waals surface area contributed by atoms with Crippen molar-refractivity contribution in [3.8, 4) is 0 Å². The van der Waals surface area contributed by atoms with Gasteiger partial charge in [0, 0.05) is 25.3 Å². The molecule has 2 amide bonds. The highest BCUT2D eigenvalue weighted by Crippen LogP contribution is 2.32. The molecule has 1 fully saturated rings. The van der Waals surface area contributed by atoms with Gasteiger partial charge in [-0.25, -0.2) is 0 Å². The predicted octanol–water partition coefficient (Wildman–Crippen LogP) is 2.01. The maximum absolute atomic E-state index is 12.4. The van der Waals surface area contributed by atoms with E-state index < -0.39 is 0 Å². The highest BCUT2D eigenvalue weighted by atomic mass is 16.5. The molecule has 1 aromatic heterocycles. The molecular weight excluding hydrogens is 318 g/mol. The number of amides is 2. The van der Waals surface area contributed by atoms with Gasteiger partial charge >= 0.3 is 0 Å². The van der Waals surface area contributed by atoms with Crippen LogP contribution in [0.4, 0.5) is 0 Å². The Morgan fingerprint density at radius 2 is 2.12 bits per heavy atom. The minimum atomic E-state index is -0.172. The van der Waals surface area contributed by atoms with Gasteiger partial charge in [0.25, 0.3) is 5.91 Å². The molecule has 2 aliphatic heterocycles. The molecule has 6 nitrogen and oxygen atoms in total. The van der Waals surface area contributed by atoms with Crippen LogP contribution in [0.1, 0.15) is 40.6 Å². The van der Waals surface area contributed by atoms with Crippen molar-refractivity contribution in [2.45, 2.75) is 31.6 Å². The largest absolute Gasteiger partial charge is 0.368 e. The number of carbonyl (C=O) groups excluding carboxylic acids is 2. The van der Waals surface area contributed by atoms with Crippen LogP contribution < -0.4 is 5.32 Å². The molecule has 0 spiro atoms. The Hall–Kier alpha value is -2.60. The summed E-state index contributed by atoms with van der Waals surface area (Å²) in [6.07, 6.45) is 2.66. The average molecular weight is 339 g/mol. The lowest BCUT2D eigenvalue weighted by atomic mass is 10.0. The lowest BCUT2D eigenvalue weighted by Gasteiger charge is -2.17. The Morgan fingerprint density at radius 3 is 2.96 bits per heavy atom. The first-order valence-electron chi connectivity index (χ1n) is 8.62. The molecule has 6 heteroatoms. The number of hydrogen-bond donors (Lipinski definition) is 2. The van der Waals surface area contributed by atoms with Crippen LogP contribution in [-0.2, 0) is 16.1 Å². The zero-order valence-corrected chi connectivity index (χ0v) is 13.9. The first-order valence-corrected chi connectivity index (χ1v) is 8.62. The molecule has 0 aliphatic carbocycles. The topological polar surface area (TPSA) is 74.4 Å². The van der Waals surface area contributed by atoms with Crippen LogP contribution in [0, 0.1) is 0 Å². The van der Waals surface area contributed by atoms with Gasteiger partial charge in [-0.15, -0.1) is 0 Å². The van der Waals surface area contributed by atoms with E-state index in [1.54, 1.807) is 17.2 Å². The lowest BCUT2D eigenvalue weighted by molar-refractivity contribution is -0.124. The van der Waals surface area contributed by atoms with Crippen molar-refractivity contribution in [3.63, 3.8) is 0 Å². The first kappa shape index (κ1) is 15.9. The van der Waals surface area contributed by atoms with Gasteiger partial charge in [-0.3, -0.25) is 9.59 Å². The van der Waals surface area contributed by atoms with Crippen molar-refractivity contribution in [1.82, 2.24) is 15.2 Å². The van der Waals surface area contributed by atoms with Crippen LogP contribution in [0.15, 0.2) is 42.6 Å². The molecule has 0 bridgehead atoms. The smallest absolute Gasteiger partial charge is 0.270 e. The van der Waals surface area contributed by atoms with Gasteiger partial charge < -0.3 is 19.9 Å². The quantitative estimate of drug-likeness (QED) is 0.895. The molecule has 1 aromatic carbocycles. The van der Waals surface area contributed by atoms with Crippen LogP contribution >= 0.6 is 0 Å². The normalized spacial score (nSPS) is 22.0. The van der Waals surface area contributed by atoms with Gasteiger partial charge in [0.15, 0.2) is 0 Å². The number of benzene rings is 1. The van der Waals surface area contributed by atoms with E-state index in [0.29, 0.717) is 31.8 Å². The van der Waals surface area contributed by atoms with Crippen molar-refractivity contribution in [2.75, 3.05) is 13.1 Å². The number of aromatic amines is 1. The zero-order valence-electron chi connectivity index (χ0n) is 13.9. The van der Waals surface area contributed by atoms with Crippen molar-refractivity contribution in [2.24, 2.45) is 0 Å². The second-order valence-electron chi connectivity index (χ2n) is 6.59. The monoisotopic (exact) mass is 339 g/mol. The minimum absolute atomic E-state index is 0.00283. The van der Waals surface area contributed by atoms with Gasteiger partial charge in [-0.1, -0.05) is 24.3 Å². The molecule has 25 heavy (non-hydrogen) atoms. The Labute approximate surface area is 146 Å². The van der Waals surface area contributed by atoms with E-state index in [9.17, 15) is 9.59 Å². The molecular formula is C19H21N3O3. The number of aromatic nitrogens is 1. The second kappa shape index (κ2) is 6.72. The number of nitrogens with zero attached hydrogens (tertiary/aromatic N) is 1. The first-order chi connectivity index (χ1) is 12.2. The summed E-state index contributed by atoms with van der Waals surface area (Å²) in [7, 11) is 0. The van der Waals surface area contributed by atoms with E-state index in [2.05, 4.69) is 10.3 Å². The van der Waals surface area contributed by atoms with Gasteiger partial charge in [-0.05, 0) is 29.7 Å². The summed E-state index contributed by atoms with van der Waals surface area (Å²) in [6.45, 7) is 1.77. The number of likely N-dealkylation sites (tertiary alicyclic amines) is 1. The second-order valence-corrected chi connectivity index (χ2v) is 6.59. The van der Waals surface area contributed by atoms with Gasteiger partial charge in [0.1, 0.15) is 5.69 Å². The maximum atomic E-state index is 12.4. The average Bonchev–Trinajstić information content (AvgIpc) is 3.35. The number of H-pyrrole nitrogens is 1. The molecule has 4 rings (SSSR count). The highest BCUT2D eigenvalue weighted by molar-refractivity contribution is 5.92. The van der Waals surface area contributed by atoms with Gasteiger partial charge in [0.2, 0.25) is 5.91 Å². The van der Waals surface area contributed by atoms with Crippen molar-refractivity contribution in [3.05, 3.63) is 59.4 Å². The van der Waals surface area contributed by atoms with E-state index in [4.69, 9.17) is 4.74 Å². The fourth-order valence-corrected chi connectivity index (χ4v) is 3.58. The van der Waals surface area contributed by atoms with Crippen molar-refractivity contribution >= 4 is 11.8 Å². The van der Waals surface area contributed by atoms with E-state index >= 15 is 0 Å². The Balaban J connectivity index is 1.30. The van der Waals surface area contributed by atoms with Crippen LogP contribution in [0.2, 0.25) is 0 Å². The molecule has 1 saturated heterocycles. The lowest BCUT2D eigenvalue weighted by Crippen LogP contribution is -2.39. The van der Waals surface area contributed by atoms with E-state index in [-0.39, 0.29) is 24.0 Å². The summed E-state index contributed by atoms with van der Waals surface area (Å²) in [4.78, 5) is 29.4. The fraction of sp³-hybridized carbons (Fsp3) is 0.368. The number of fused-ring (bicyclic) bond motifs is 1. The molecule has 2 aliphatic rings. The molecule has 2 atom stereocenters. The van der Waals surface area contributed by atoms with E-state index in [0.717, 1.165) is 17.5 Å². The zero-order chi connectivity index (χ0) is 17.2. The van der Waals surface area contributed by atoms with Crippen LogP contribution in [0.25, 0.3) is 0 Å². The summed E-state index contributed by atoms with van der Waals surface area (Å²) in [5, 5.41) is 3.04. The van der Waals surface area contributed by atoms with Crippen LogP contribution in [-0.4, -0.2) is 40.8 Å². The molecule has 0 radical (unpaired) electrons. The van der Waals surface area contributed by atoms with Gasteiger partial charge in [-0.2, -0.15) is 0 Å². The molecule has 3 heterocycles. The number of hydrogen-bond acceptors (Lipinski definition) is 3. The van der Waals surface area contributed by atoms with Crippen LogP contribution in [0.3, 0.4) is 0 Å². The fourth-order valence-electron chi connectivity index (χ4n) is 3.58. The Kier molecular flexibility index (Phi) is 4.28. The Bertz CT molecular complexity index is 772. The third kappa shape index (κ3) is 3.30. The number of carbonyl (C=O) groups is 2. The maximum Gasteiger partial charge on any atom is 0.270 e. The number of rotatable bonds is 4. The standard InChI is InChI=1S/C19H21N3O3/c23-18(10-17-15-5-2-1-4-13(15)12-25-17)21-14-7-9-22(11-14)19(24)16-6-3-8-20-16/h1-6,8,14,17,20H,7,9-12H2,(H,21,23)/t14-,17?/m0/s1. The third-order valence-electron chi connectivity index (χ3n) is 4.88. The molecule has 130 valence electrons. The molecule has 0 saturated carbocycles. The highest BCUT2D eigenvalue weighted by Gasteiger charge is 2.30. The molecule has 1 unspecified atom stereocenters. The predicted molar refractivity (Wildman–Crippen MR) is 91.8 cm³/mol. The minimum Gasteiger partial charge on any atom is -0.368 e. The molecule has 2 aromatic rings. The molecule has 2 N–H and O–H groups in total. The summed E-state index contributed by atoms with van der Waals surface area (Å²) < 4.78 is 5.74. The SMILES string of the molecule is O=C(CC1OCc2ccccc21)N[C@H]1CCN(C(=O)c2ccc[nH]2)C1. The number of nitrogens with one attached hydrogen (secondary N) is 2. The van der Waals surface area contributed by atoms with Crippen molar-refractivity contribution < 1.29 is 14.3 Å². The van der Waals surface area contributed by atoms with E-state index in [1.165, 1.54) is 0 Å². The third-order valence-corrected chi connectivity index (χ3v) is 4.88. The van der Waals surface area contributed by atoms with Crippen LogP contribution in [0.5, 0.6) is 0 Å². The van der Waals surface area contributed by atoms with Crippen molar-refractivity contribution in [1.29, 1.82) is 0 Å². The summed E-state index contributed by atoms with van der Waals surface area (Å²) in [5.41, 5.74) is 2.85. The summed E-state index contributed by atoms with van der Waals surface area (Å²) in [5.74, 6) is -0.0457. The number of ether oxygens (including phenoxy) is 1. The van der Waals surface area contributed by atoms with E-state index in [1.807, 2.05) is 30.3 Å². The summed E-state index contributed by atoms with van der Waals surface area (Å²) >= 11 is 0. The Morgan fingerprint density at radius 1 is 1.24 bits per heavy atom.